The SMILES string of the molecule is Cc1cc(C)n(C(=O)C(C)Cl)n1. The second-order valence-electron chi connectivity index (χ2n) is 2.79. The van der Waals surface area contributed by atoms with Gasteiger partial charge in [-0.2, -0.15) is 5.10 Å². The van der Waals surface area contributed by atoms with E-state index in [-0.39, 0.29) is 5.91 Å². The Kier molecular flexibility index (Phi) is 2.52. The topological polar surface area (TPSA) is 34.9 Å². The molecule has 12 heavy (non-hydrogen) atoms. The number of rotatable bonds is 1. The Labute approximate surface area is 76.3 Å². The smallest absolute Gasteiger partial charge is 0.264 e. The lowest BCUT2D eigenvalue weighted by Crippen LogP contribution is -2.21. The van der Waals surface area contributed by atoms with Crippen molar-refractivity contribution in [1.82, 2.24) is 9.78 Å². The van der Waals surface area contributed by atoms with Crippen LogP contribution in [0.3, 0.4) is 0 Å². The molecule has 0 N–H and O–H groups in total. The van der Waals surface area contributed by atoms with Gasteiger partial charge in [-0.05, 0) is 26.8 Å². The number of alkyl halides is 1. The fraction of sp³-hybridized carbons (Fsp3) is 0.500. The van der Waals surface area contributed by atoms with E-state index in [1.807, 2.05) is 19.9 Å². The molecule has 0 aliphatic carbocycles. The van der Waals surface area contributed by atoms with E-state index in [0.717, 1.165) is 11.4 Å². The maximum atomic E-state index is 11.3. The minimum Gasteiger partial charge on any atom is -0.271 e. The summed E-state index contributed by atoms with van der Waals surface area (Å²) in [5.74, 6) is -0.178. The van der Waals surface area contributed by atoms with Crippen molar-refractivity contribution in [3.8, 4) is 0 Å². The molecule has 0 fully saturated rings. The average Bonchev–Trinajstić information content (AvgIpc) is 2.28. The zero-order valence-electron chi connectivity index (χ0n) is 7.34. The van der Waals surface area contributed by atoms with Crippen molar-refractivity contribution in [2.24, 2.45) is 0 Å². The zero-order chi connectivity index (χ0) is 9.30. The summed E-state index contributed by atoms with van der Waals surface area (Å²) < 4.78 is 1.34. The van der Waals surface area contributed by atoms with E-state index in [1.165, 1.54) is 4.68 Å². The molecule has 1 unspecified atom stereocenters. The highest BCUT2D eigenvalue weighted by Gasteiger charge is 2.14. The van der Waals surface area contributed by atoms with Crippen molar-refractivity contribution in [2.75, 3.05) is 0 Å². The second kappa shape index (κ2) is 3.27. The molecule has 1 aromatic heterocycles. The second-order valence-corrected chi connectivity index (χ2v) is 3.45. The third kappa shape index (κ3) is 1.67. The minimum absolute atomic E-state index is 0.178. The molecule has 0 amide bonds. The van der Waals surface area contributed by atoms with Crippen LogP contribution in [0.25, 0.3) is 0 Å². The van der Waals surface area contributed by atoms with Crippen LogP contribution in [0.5, 0.6) is 0 Å². The van der Waals surface area contributed by atoms with Gasteiger partial charge in [0.25, 0.3) is 5.91 Å². The highest BCUT2D eigenvalue weighted by atomic mass is 35.5. The molecule has 0 aromatic carbocycles. The molecule has 0 bridgehead atoms. The highest BCUT2D eigenvalue weighted by Crippen LogP contribution is 2.05. The Morgan fingerprint density at radius 3 is 2.58 bits per heavy atom. The molecule has 0 aliphatic heterocycles. The molecule has 0 saturated heterocycles. The summed E-state index contributed by atoms with van der Waals surface area (Å²) in [6.45, 7) is 5.31. The number of carbonyl (C=O) groups is 1. The van der Waals surface area contributed by atoms with Gasteiger partial charge >= 0.3 is 0 Å². The van der Waals surface area contributed by atoms with Gasteiger partial charge in [0.15, 0.2) is 0 Å². The van der Waals surface area contributed by atoms with Gasteiger partial charge in [-0.1, -0.05) is 0 Å². The number of hydrogen-bond acceptors (Lipinski definition) is 2. The molecule has 1 atom stereocenters. The maximum absolute atomic E-state index is 11.3. The Morgan fingerprint density at radius 2 is 2.25 bits per heavy atom. The summed E-state index contributed by atoms with van der Waals surface area (Å²) in [5.41, 5.74) is 1.66. The van der Waals surface area contributed by atoms with Crippen molar-refractivity contribution in [2.45, 2.75) is 26.1 Å². The summed E-state index contributed by atoms with van der Waals surface area (Å²) in [6.07, 6.45) is 0. The van der Waals surface area contributed by atoms with Crippen molar-refractivity contribution in [3.63, 3.8) is 0 Å². The molecular formula is C8H11ClN2O. The number of aromatic nitrogens is 2. The molecular weight excluding hydrogens is 176 g/mol. The molecule has 3 nitrogen and oxygen atoms in total. The number of nitrogens with zero attached hydrogens (tertiary/aromatic N) is 2. The van der Waals surface area contributed by atoms with E-state index in [1.54, 1.807) is 6.92 Å². The van der Waals surface area contributed by atoms with E-state index in [0.29, 0.717) is 0 Å². The van der Waals surface area contributed by atoms with Crippen LogP contribution in [0, 0.1) is 13.8 Å². The van der Waals surface area contributed by atoms with E-state index in [2.05, 4.69) is 5.10 Å². The molecule has 0 aliphatic rings. The van der Waals surface area contributed by atoms with Crippen molar-refractivity contribution in [3.05, 3.63) is 17.5 Å². The predicted octanol–water partition coefficient (Wildman–Crippen LogP) is 1.77. The minimum atomic E-state index is -0.525. The fourth-order valence-corrected chi connectivity index (χ4v) is 1.11. The van der Waals surface area contributed by atoms with Crippen molar-refractivity contribution in [1.29, 1.82) is 0 Å². The quantitative estimate of drug-likeness (QED) is 0.627. The van der Waals surface area contributed by atoms with Crippen LogP contribution in [-0.2, 0) is 0 Å². The number of halogens is 1. The lowest BCUT2D eigenvalue weighted by Gasteiger charge is -2.03. The lowest BCUT2D eigenvalue weighted by atomic mass is 10.4. The zero-order valence-corrected chi connectivity index (χ0v) is 8.09. The van der Waals surface area contributed by atoms with Gasteiger partial charge < -0.3 is 0 Å². The van der Waals surface area contributed by atoms with Crippen molar-refractivity contribution >= 4 is 17.5 Å². The third-order valence-electron chi connectivity index (χ3n) is 1.56. The Balaban J connectivity index is 3.02. The fourth-order valence-electron chi connectivity index (χ4n) is 1.02. The molecule has 0 saturated carbocycles. The Hall–Kier alpha value is -0.830. The lowest BCUT2D eigenvalue weighted by molar-refractivity contribution is 0.0894. The maximum Gasteiger partial charge on any atom is 0.264 e. The highest BCUT2D eigenvalue weighted by molar-refractivity contribution is 6.30. The summed E-state index contributed by atoms with van der Waals surface area (Å²) in [7, 11) is 0. The third-order valence-corrected chi connectivity index (χ3v) is 1.75. The molecule has 1 rings (SSSR count). The monoisotopic (exact) mass is 186 g/mol. The summed E-state index contributed by atoms with van der Waals surface area (Å²) >= 11 is 5.63. The first-order valence-corrected chi connectivity index (χ1v) is 4.17. The van der Waals surface area contributed by atoms with E-state index in [4.69, 9.17) is 11.6 Å². The summed E-state index contributed by atoms with van der Waals surface area (Å²) in [6, 6.07) is 1.84. The molecule has 1 heterocycles. The van der Waals surface area contributed by atoms with E-state index >= 15 is 0 Å². The van der Waals surface area contributed by atoms with Crippen LogP contribution < -0.4 is 0 Å². The van der Waals surface area contributed by atoms with Gasteiger partial charge in [0, 0.05) is 5.69 Å². The summed E-state index contributed by atoms with van der Waals surface area (Å²) in [4.78, 5) is 11.3. The number of aryl methyl sites for hydroxylation is 2. The normalized spacial score (nSPS) is 13.0. The van der Waals surface area contributed by atoms with Crippen molar-refractivity contribution < 1.29 is 4.79 Å². The van der Waals surface area contributed by atoms with Gasteiger partial charge in [0.1, 0.15) is 5.38 Å². The van der Waals surface area contributed by atoms with E-state index in [9.17, 15) is 4.79 Å². The van der Waals surface area contributed by atoms with Crippen LogP contribution in [0.15, 0.2) is 6.07 Å². The first kappa shape index (κ1) is 9.26. The van der Waals surface area contributed by atoms with E-state index < -0.39 is 5.38 Å². The number of carbonyl (C=O) groups excluding carboxylic acids is 1. The van der Waals surface area contributed by atoms with Crippen LogP contribution in [0.4, 0.5) is 0 Å². The largest absolute Gasteiger partial charge is 0.271 e. The van der Waals surface area contributed by atoms with Gasteiger partial charge in [-0.15, -0.1) is 11.6 Å². The van der Waals surface area contributed by atoms with Gasteiger partial charge in [0.2, 0.25) is 0 Å². The van der Waals surface area contributed by atoms with Gasteiger partial charge in [-0.25, -0.2) is 4.68 Å². The Bertz CT molecular complexity index is 304. The van der Waals surface area contributed by atoms with Crippen LogP contribution in [-0.4, -0.2) is 21.1 Å². The average molecular weight is 187 g/mol. The number of hydrogen-bond donors (Lipinski definition) is 0. The molecule has 0 spiro atoms. The molecule has 1 aromatic rings. The molecule has 4 heteroatoms. The molecule has 66 valence electrons. The van der Waals surface area contributed by atoms with Gasteiger partial charge in [0.05, 0.1) is 5.69 Å². The first-order chi connectivity index (χ1) is 5.52. The van der Waals surface area contributed by atoms with Crippen LogP contribution in [0.1, 0.15) is 23.1 Å². The predicted molar refractivity (Wildman–Crippen MR) is 47.6 cm³/mol. The molecule has 0 radical (unpaired) electrons. The summed E-state index contributed by atoms with van der Waals surface area (Å²) in [5, 5.41) is 3.49. The Morgan fingerprint density at radius 1 is 1.67 bits per heavy atom. The van der Waals surface area contributed by atoms with Gasteiger partial charge in [-0.3, -0.25) is 4.79 Å². The van der Waals surface area contributed by atoms with Crippen LogP contribution >= 0.6 is 11.6 Å². The van der Waals surface area contributed by atoms with Crippen LogP contribution in [0.2, 0.25) is 0 Å². The standard InChI is InChI=1S/C8H11ClN2O/c1-5-4-6(2)11(10-5)8(12)7(3)9/h4,7H,1-3H3. The first-order valence-electron chi connectivity index (χ1n) is 3.74.